The summed E-state index contributed by atoms with van der Waals surface area (Å²) in [5, 5.41) is 19.3. The molecule has 1 aromatic heterocycles. The fourth-order valence-electron chi connectivity index (χ4n) is 2.08. The van der Waals surface area contributed by atoms with Gasteiger partial charge in [0, 0.05) is 17.7 Å². The van der Waals surface area contributed by atoms with Crippen molar-refractivity contribution in [2.75, 3.05) is 28.4 Å². The van der Waals surface area contributed by atoms with Gasteiger partial charge in [-0.05, 0) is 17.1 Å². The second-order valence-electron chi connectivity index (χ2n) is 5.12. The van der Waals surface area contributed by atoms with Crippen LogP contribution in [-0.2, 0) is 11.3 Å². The van der Waals surface area contributed by atoms with Crippen molar-refractivity contribution in [3.8, 4) is 17.2 Å². The van der Waals surface area contributed by atoms with Gasteiger partial charge in [-0.3, -0.25) is 4.79 Å². The Morgan fingerprint density at radius 3 is 2.41 bits per heavy atom. The van der Waals surface area contributed by atoms with Crippen LogP contribution in [0.25, 0.3) is 0 Å². The summed E-state index contributed by atoms with van der Waals surface area (Å²) in [7, 11) is 5.92. The highest BCUT2D eigenvalue weighted by atomic mass is 16.6. The lowest BCUT2D eigenvalue weighted by atomic mass is 10.2. The van der Waals surface area contributed by atoms with E-state index >= 15 is 0 Å². The Balaban J connectivity index is 2.11. The van der Waals surface area contributed by atoms with Crippen LogP contribution in [0.5, 0.6) is 17.2 Å². The first kappa shape index (κ1) is 19.6. The van der Waals surface area contributed by atoms with E-state index in [1.807, 2.05) is 0 Å². The minimum Gasteiger partial charge on any atom is -0.493 e. The number of ether oxygens (including phenoxy) is 3. The maximum absolute atomic E-state index is 12.1. The summed E-state index contributed by atoms with van der Waals surface area (Å²) in [5.74, 6) is 0.309. The number of aromatic nitrogens is 3. The molecule has 0 saturated heterocycles. The van der Waals surface area contributed by atoms with Gasteiger partial charge in [-0.2, -0.15) is 9.78 Å². The number of rotatable bonds is 8. The van der Waals surface area contributed by atoms with Crippen molar-refractivity contribution in [3.05, 3.63) is 34.1 Å². The molecule has 0 saturated carbocycles. The minimum atomic E-state index is -0.743. The molecule has 0 aliphatic carbocycles. The number of nitro groups is 1. The maximum Gasteiger partial charge on any atom is 0.490 e. The molecule has 1 amide bonds. The molecule has 0 aliphatic heterocycles. The predicted octanol–water partition coefficient (Wildman–Crippen LogP) is 0.705. The SMILES string of the molecule is COc1cc(/C=N/N(C)C(=O)Cn2cnc([N+](=O)[O-])n2)cc(OC)c1OC. The van der Waals surface area contributed by atoms with Gasteiger partial charge in [-0.1, -0.05) is 4.98 Å². The van der Waals surface area contributed by atoms with Crippen molar-refractivity contribution in [1.29, 1.82) is 0 Å². The minimum absolute atomic E-state index is 0.246. The lowest BCUT2D eigenvalue weighted by molar-refractivity contribution is -0.394. The van der Waals surface area contributed by atoms with Crippen molar-refractivity contribution >= 4 is 18.1 Å². The van der Waals surface area contributed by atoms with E-state index in [9.17, 15) is 14.9 Å². The Kier molecular flexibility index (Phi) is 6.25. The van der Waals surface area contributed by atoms with E-state index in [1.54, 1.807) is 12.1 Å². The number of hydrazone groups is 1. The van der Waals surface area contributed by atoms with E-state index in [2.05, 4.69) is 15.2 Å². The smallest absolute Gasteiger partial charge is 0.490 e. The van der Waals surface area contributed by atoms with Gasteiger partial charge in [-0.25, -0.2) is 5.01 Å². The number of benzene rings is 1. The van der Waals surface area contributed by atoms with Gasteiger partial charge in [0.1, 0.15) is 6.54 Å². The molecule has 1 aromatic carbocycles. The van der Waals surface area contributed by atoms with Crippen LogP contribution in [0.1, 0.15) is 5.56 Å². The first-order valence-corrected chi connectivity index (χ1v) is 7.54. The lowest BCUT2D eigenvalue weighted by Gasteiger charge is -2.13. The molecule has 2 rings (SSSR count). The van der Waals surface area contributed by atoms with Gasteiger partial charge in [0.05, 0.1) is 27.5 Å². The zero-order valence-electron chi connectivity index (χ0n) is 15.1. The quantitative estimate of drug-likeness (QED) is 0.372. The highest BCUT2D eigenvalue weighted by Crippen LogP contribution is 2.37. The van der Waals surface area contributed by atoms with Gasteiger partial charge in [0.2, 0.25) is 12.1 Å². The number of likely N-dealkylation sites (N-methyl/N-ethyl adjacent to an activating group) is 1. The topological polar surface area (TPSA) is 134 Å². The highest BCUT2D eigenvalue weighted by molar-refractivity contribution is 5.84. The average molecular weight is 378 g/mol. The molecule has 0 radical (unpaired) electrons. The molecule has 144 valence electrons. The molecule has 0 N–H and O–H groups in total. The number of hydrogen-bond acceptors (Lipinski definition) is 9. The Hall–Kier alpha value is -3.70. The lowest BCUT2D eigenvalue weighted by Crippen LogP contribution is -2.26. The van der Waals surface area contributed by atoms with E-state index in [1.165, 1.54) is 34.6 Å². The van der Waals surface area contributed by atoms with Crippen molar-refractivity contribution in [2.45, 2.75) is 6.54 Å². The second kappa shape index (κ2) is 8.60. The van der Waals surface area contributed by atoms with Crippen LogP contribution in [0.15, 0.2) is 23.6 Å². The fraction of sp³-hybridized carbons (Fsp3) is 0.333. The van der Waals surface area contributed by atoms with E-state index in [0.717, 1.165) is 16.0 Å². The number of amides is 1. The van der Waals surface area contributed by atoms with Crippen LogP contribution in [0.2, 0.25) is 0 Å². The van der Waals surface area contributed by atoms with Crippen LogP contribution >= 0.6 is 0 Å². The Bertz CT molecular complexity index is 839. The zero-order valence-corrected chi connectivity index (χ0v) is 15.1. The summed E-state index contributed by atoms with van der Waals surface area (Å²) in [6.07, 6.45) is 2.54. The van der Waals surface area contributed by atoms with Crippen molar-refractivity contribution in [2.24, 2.45) is 5.10 Å². The molecule has 1 heterocycles. The number of carbonyl (C=O) groups excluding carboxylic acids is 1. The maximum atomic E-state index is 12.1. The zero-order chi connectivity index (χ0) is 20.0. The number of hydrogen-bond donors (Lipinski definition) is 0. The predicted molar refractivity (Wildman–Crippen MR) is 93.1 cm³/mol. The van der Waals surface area contributed by atoms with Gasteiger partial charge in [-0.15, -0.1) is 0 Å². The number of nitrogens with zero attached hydrogens (tertiary/aromatic N) is 6. The monoisotopic (exact) mass is 378 g/mol. The second-order valence-corrected chi connectivity index (χ2v) is 5.12. The molecule has 0 aliphatic rings. The van der Waals surface area contributed by atoms with Crippen LogP contribution in [0, 0.1) is 10.1 Å². The average Bonchev–Trinajstić information content (AvgIpc) is 3.13. The van der Waals surface area contributed by atoms with E-state index < -0.39 is 16.8 Å². The van der Waals surface area contributed by atoms with E-state index in [0.29, 0.717) is 22.8 Å². The van der Waals surface area contributed by atoms with Crippen molar-refractivity contribution in [3.63, 3.8) is 0 Å². The van der Waals surface area contributed by atoms with Gasteiger partial charge in [0.15, 0.2) is 11.5 Å². The molecular formula is C15H18N6O6. The van der Waals surface area contributed by atoms with Crippen LogP contribution < -0.4 is 14.2 Å². The van der Waals surface area contributed by atoms with Crippen LogP contribution in [-0.4, -0.2) is 65.2 Å². The molecule has 0 spiro atoms. The summed E-state index contributed by atoms with van der Waals surface area (Å²) in [6.45, 7) is -0.246. The number of methoxy groups -OCH3 is 3. The van der Waals surface area contributed by atoms with Crippen molar-refractivity contribution in [1.82, 2.24) is 19.8 Å². The molecule has 0 fully saturated rings. The van der Waals surface area contributed by atoms with E-state index in [4.69, 9.17) is 14.2 Å². The summed E-state index contributed by atoms with van der Waals surface area (Å²) < 4.78 is 16.8. The van der Waals surface area contributed by atoms with Crippen molar-refractivity contribution < 1.29 is 23.9 Å². The summed E-state index contributed by atoms with van der Waals surface area (Å²) in [5.41, 5.74) is 0.612. The molecule has 0 atom stereocenters. The number of carbonyl (C=O) groups is 1. The summed E-state index contributed by atoms with van der Waals surface area (Å²) in [4.78, 5) is 25.4. The molecule has 0 unspecified atom stereocenters. The third-order valence-electron chi connectivity index (χ3n) is 3.41. The summed E-state index contributed by atoms with van der Waals surface area (Å²) in [6, 6.07) is 3.34. The fourth-order valence-corrected chi connectivity index (χ4v) is 2.08. The van der Waals surface area contributed by atoms with Gasteiger partial charge < -0.3 is 24.3 Å². The molecule has 27 heavy (non-hydrogen) atoms. The Morgan fingerprint density at radius 2 is 1.93 bits per heavy atom. The third-order valence-corrected chi connectivity index (χ3v) is 3.41. The Labute approximate surface area is 154 Å². The molecular weight excluding hydrogens is 360 g/mol. The molecule has 12 nitrogen and oxygen atoms in total. The standard InChI is InChI=1S/C15H18N6O6/c1-19(13(22)8-20-9-16-15(18-20)21(23)24)17-7-10-5-11(25-2)14(27-4)12(6-10)26-3/h5-7,9H,8H2,1-4H3/b17-7+. The largest absolute Gasteiger partial charge is 0.493 e. The Morgan fingerprint density at radius 1 is 1.30 bits per heavy atom. The normalized spacial score (nSPS) is 10.7. The third kappa shape index (κ3) is 4.68. The molecule has 2 aromatic rings. The first-order chi connectivity index (χ1) is 12.9. The highest BCUT2D eigenvalue weighted by Gasteiger charge is 2.17. The van der Waals surface area contributed by atoms with Crippen LogP contribution in [0.3, 0.4) is 0 Å². The summed E-state index contributed by atoms with van der Waals surface area (Å²) >= 11 is 0. The van der Waals surface area contributed by atoms with Gasteiger partial charge >= 0.3 is 5.95 Å². The molecule has 0 bridgehead atoms. The molecule has 12 heteroatoms. The van der Waals surface area contributed by atoms with E-state index in [-0.39, 0.29) is 6.54 Å². The first-order valence-electron chi connectivity index (χ1n) is 7.54. The van der Waals surface area contributed by atoms with Gasteiger partial charge in [0.25, 0.3) is 5.91 Å². The van der Waals surface area contributed by atoms with Crippen LogP contribution in [0.4, 0.5) is 5.95 Å².